The molecule has 1 aromatic rings. The van der Waals surface area contributed by atoms with Crippen molar-refractivity contribution >= 4 is 27.5 Å². The summed E-state index contributed by atoms with van der Waals surface area (Å²) in [6.07, 6.45) is 2.85. The molecule has 0 saturated carbocycles. The summed E-state index contributed by atoms with van der Waals surface area (Å²) in [6, 6.07) is 5.85. The van der Waals surface area contributed by atoms with Gasteiger partial charge in [0.05, 0.1) is 0 Å². The number of halogens is 1. The van der Waals surface area contributed by atoms with Crippen LogP contribution < -0.4 is 10.6 Å². The molecular weight excluding hydrogens is 292 g/mol. The maximum absolute atomic E-state index is 11.7. The normalized spacial score (nSPS) is 10.4. The predicted molar refractivity (Wildman–Crippen MR) is 79.9 cm³/mol. The minimum Gasteiger partial charge on any atom is -0.326 e. The van der Waals surface area contributed by atoms with E-state index in [2.05, 4.69) is 33.5 Å². The lowest BCUT2D eigenvalue weighted by molar-refractivity contribution is -0.116. The minimum atomic E-state index is 0.0596. The van der Waals surface area contributed by atoms with Gasteiger partial charge in [0.15, 0.2) is 0 Å². The van der Waals surface area contributed by atoms with Gasteiger partial charge in [0.2, 0.25) is 5.91 Å². The average molecular weight is 313 g/mol. The van der Waals surface area contributed by atoms with E-state index in [9.17, 15) is 4.79 Å². The van der Waals surface area contributed by atoms with E-state index in [1.807, 2.05) is 25.1 Å². The Morgan fingerprint density at radius 3 is 2.78 bits per heavy atom. The van der Waals surface area contributed by atoms with E-state index in [4.69, 9.17) is 0 Å². The summed E-state index contributed by atoms with van der Waals surface area (Å²) in [5.41, 5.74) is 1.95. The quantitative estimate of drug-likeness (QED) is 0.757. The fourth-order valence-electron chi connectivity index (χ4n) is 1.61. The highest BCUT2D eigenvalue weighted by Gasteiger charge is 2.04. The van der Waals surface area contributed by atoms with Gasteiger partial charge in [0.25, 0.3) is 0 Å². The number of benzene rings is 1. The number of aryl methyl sites for hydroxylation is 1. The number of hydrogen-bond donors (Lipinski definition) is 2. The van der Waals surface area contributed by atoms with Crippen LogP contribution in [0.15, 0.2) is 22.7 Å². The number of unbranched alkanes of at least 4 members (excludes halogenated alkanes) is 1. The van der Waals surface area contributed by atoms with Crippen molar-refractivity contribution in [2.75, 3.05) is 18.4 Å². The van der Waals surface area contributed by atoms with Gasteiger partial charge in [-0.1, -0.05) is 29.3 Å². The lowest BCUT2D eigenvalue weighted by Gasteiger charge is -2.09. The van der Waals surface area contributed by atoms with Crippen molar-refractivity contribution in [2.45, 2.75) is 33.1 Å². The summed E-state index contributed by atoms with van der Waals surface area (Å²) in [4.78, 5) is 11.7. The van der Waals surface area contributed by atoms with E-state index < -0.39 is 0 Å². The van der Waals surface area contributed by atoms with Crippen LogP contribution in [0.4, 0.5) is 5.69 Å². The highest BCUT2D eigenvalue weighted by Crippen LogP contribution is 2.19. The molecule has 0 aliphatic rings. The van der Waals surface area contributed by atoms with Crippen molar-refractivity contribution in [3.05, 3.63) is 28.2 Å². The monoisotopic (exact) mass is 312 g/mol. The Bertz CT molecular complexity index is 393. The third-order valence-corrected chi connectivity index (χ3v) is 3.19. The maximum Gasteiger partial charge on any atom is 0.225 e. The number of anilines is 1. The number of nitrogens with one attached hydrogen (secondary N) is 2. The molecule has 2 N–H and O–H groups in total. The van der Waals surface area contributed by atoms with E-state index in [0.29, 0.717) is 6.42 Å². The Balaban J connectivity index is 2.31. The van der Waals surface area contributed by atoms with E-state index in [-0.39, 0.29) is 5.91 Å². The molecule has 0 atom stereocenters. The van der Waals surface area contributed by atoms with Gasteiger partial charge in [0.1, 0.15) is 0 Å². The van der Waals surface area contributed by atoms with E-state index in [1.54, 1.807) is 0 Å². The van der Waals surface area contributed by atoms with Crippen molar-refractivity contribution in [1.82, 2.24) is 5.32 Å². The van der Waals surface area contributed by atoms with Crippen LogP contribution in [0.3, 0.4) is 0 Å². The Morgan fingerprint density at radius 1 is 1.33 bits per heavy atom. The first-order chi connectivity index (χ1) is 8.63. The largest absolute Gasteiger partial charge is 0.326 e. The van der Waals surface area contributed by atoms with Crippen LogP contribution in [0.25, 0.3) is 0 Å². The van der Waals surface area contributed by atoms with Gasteiger partial charge in [-0.3, -0.25) is 4.79 Å². The highest BCUT2D eigenvalue weighted by atomic mass is 79.9. The zero-order valence-electron chi connectivity index (χ0n) is 11.1. The molecule has 0 aliphatic heterocycles. The fourth-order valence-corrected chi connectivity index (χ4v) is 2.08. The summed E-state index contributed by atoms with van der Waals surface area (Å²) >= 11 is 3.41. The summed E-state index contributed by atoms with van der Waals surface area (Å²) in [7, 11) is 0. The molecule has 0 heterocycles. The second kappa shape index (κ2) is 8.27. The molecule has 0 saturated heterocycles. The molecular formula is C14H21BrN2O. The lowest BCUT2D eigenvalue weighted by atomic mass is 10.2. The lowest BCUT2D eigenvalue weighted by Crippen LogP contribution is -2.22. The van der Waals surface area contributed by atoms with Crippen LogP contribution in [-0.4, -0.2) is 19.0 Å². The number of hydrogen-bond acceptors (Lipinski definition) is 2. The first-order valence-electron chi connectivity index (χ1n) is 6.40. The molecule has 0 spiro atoms. The van der Waals surface area contributed by atoms with Gasteiger partial charge < -0.3 is 10.6 Å². The van der Waals surface area contributed by atoms with Crippen molar-refractivity contribution in [3.8, 4) is 0 Å². The Kier molecular flexibility index (Phi) is 6.98. The zero-order chi connectivity index (χ0) is 13.4. The van der Waals surface area contributed by atoms with Crippen molar-refractivity contribution in [2.24, 2.45) is 0 Å². The summed E-state index contributed by atoms with van der Waals surface area (Å²) < 4.78 is 1.03. The number of amides is 1. The van der Waals surface area contributed by atoms with Gasteiger partial charge in [-0.15, -0.1) is 0 Å². The van der Waals surface area contributed by atoms with Gasteiger partial charge in [-0.2, -0.15) is 0 Å². The molecule has 100 valence electrons. The van der Waals surface area contributed by atoms with Gasteiger partial charge in [0, 0.05) is 23.1 Å². The molecule has 0 aliphatic carbocycles. The second-order valence-corrected chi connectivity index (χ2v) is 5.28. The van der Waals surface area contributed by atoms with Crippen molar-refractivity contribution in [1.29, 1.82) is 0 Å². The molecule has 1 aromatic carbocycles. The molecule has 18 heavy (non-hydrogen) atoms. The van der Waals surface area contributed by atoms with Crippen LogP contribution in [0, 0.1) is 6.92 Å². The standard InChI is InChI=1S/C14H21BrN2O/c1-3-4-8-16-9-7-14(18)17-13-6-5-12(15)10-11(13)2/h5-6,10,16H,3-4,7-9H2,1-2H3,(H,17,18). The highest BCUT2D eigenvalue weighted by molar-refractivity contribution is 9.10. The van der Waals surface area contributed by atoms with E-state index >= 15 is 0 Å². The SMILES string of the molecule is CCCCNCCC(=O)Nc1ccc(Br)cc1C. The fraction of sp³-hybridized carbons (Fsp3) is 0.500. The molecule has 0 bridgehead atoms. The van der Waals surface area contributed by atoms with Crippen LogP contribution in [0.1, 0.15) is 31.7 Å². The summed E-state index contributed by atoms with van der Waals surface area (Å²) in [5, 5.41) is 6.19. The average Bonchev–Trinajstić information content (AvgIpc) is 2.32. The van der Waals surface area contributed by atoms with Crippen LogP contribution in [-0.2, 0) is 4.79 Å². The first kappa shape index (κ1) is 15.2. The van der Waals surface area contributed by atoms with Crippen molar-refractivity contribution in [3.63, 3.8) is 0 Å². The smallest absolute Gasteiger partial charge is 0.225 e. The zero-order valence-corrected chi connectivity index (χ0v) is 12.6. The van der Waals surface area contributed by atoms with Crippen molar-refractivity contribution < 1.29 is 4.79 Å². The van der Waals surface area contributed by atoms with E-state index in [0.717, 1.165) is 35.2 Å². The first-order valence-corrected chi connectivity index (χ1v) is 7.19. The van der Waals surface area contributed by atoms with Crippen LogP contribution in [0.5, 0.6) is 0 Å². The number of carbonyl (C=O) groups is 1. The van der Waals surface area contributed by atoms with Crippen LogP contribution >= 0.6 is 15.9 Å². The Morgan fingerprint density at radius 2 is 2.11 bits per heavy atom. The number of carbonyl (C=O) groups excluding carboxylic acids is 1. The number of rotatable bonds is 7. The Hall–Kier alpha value is -0.870. The topological polar surface area (TPSA) is 41.1 Å². The molecule has 3 nitrogen and oxygen atoms in total. The molecule has 4 heteroatoms. The molecule has 0 aromatic heterocycles. The van der Waals surface area contributed by atoms with Gasteiger partial charge in [-0.25, -0.2) is 0 Å². The van der Waals surface area contributed by atoms with Gasteiger partial charge >= 0.3 is 0 Å². The molecule has 0 fully saturated rings. The molecule has 1 amide bonds. The van der Waals surface area contributed by atoms with Gasteiger partial charge in [-0.05, 0) is 43.7 Å². The molecule has 0 radical (unpaired) electrons. The Labute approximate surface area is 117 Å². The van der Waals surface area contributed by atoms with E-state index in [1.165, 1.54) is 6.42 Å². The predicted octanol–water partition coefficient (Wildman–Crippen LogP) is 3.48. The molecule has 1 rings (SSSR count). The minimum absolute atomic E-state index is 0.0596. The summed E-state index contributed by atoms with van der Waals surface area (Å²) in [6.45, 7) is 5.87. The third-order valence-electron chi connectivity index (χ3n) is 2.70. The maximum atomic E-state index is 11.7. The summed E-state index contributed by atoms with van der Waals surface area (Å²) in [5.74, 6) is 0.0596. The molecule has 0 unspecified atom stereocenters. The third kappa shape index (κ3) is 5.65. The second-order valence-electron chi connectivity index (χ2n) is 4.36. The van der Waals surface area contributed by atoms with Crippen LogP contribution in [0.2, 0.25) is 0 Å².